The van der Waals surface area contributed by atoms with E-state index in [1.165, 1.54) is 5.56 Å². The fourth-order valence-corrected chi connectivity index (χ4v) is 1.43. The van der Waals surface area contributed by atoms with Crippen molar-refractivity contribution in [1.82, 2.24) is 0 Å². The second-order valence-corrected chi connectivity index (χ2v) is 5.76. The van der Waals surface area contributed by atoms with E-state index in [0.717, 1.165) is 5.75 Å². The second-order valence-electron chi connectivity index (χ2n) is 4.84. The first-order chi connectivity index (χ1) is 7.43. The summed E-state index contributed by atoms with van der Waals surface area (Å²) in [5.41, 5.74) is 1.46. The van der Waals surface area contributed by atoms with Crippen molar-refractivity contribution in [3.8, 4) is 5.75 Å². The van der Waals surface area contributed by atoms with Gasteiger partial charge in [0.25, 0.3) is 0 Å². The molecule has 0 heterocycles. The minimum Gasteiger partial charge on any atom is -0.492 e. The van der Waals surface area contributed by atoms with Gasteiger partial charge in [-0.05, 0) is 23.1 Å². The molecule has 0 fully saturated rings. The zero-order valence-electron chi connectivity index (χ0n) is 9.97. The van der Waals surface area contributed by atoms with Gasteiger partial charge >= 0.3 is 0 Å². The molecule has 0 aliphatic heterocycles. The van der Waals surface area contributed by atoms with Crippen LogP contribution in [-0.4, -0.2) is 17.9 Å². The van der Waals surface area contributed by atoms with Crippen LogP contribution in [0, 0.1) is 0 Å². The molecule has 1 atom stereocenters. The molecule has 90 valence electrons. The van der Waals surface area contributed by atoms with Crippen molar-refractivity contribution in [3.63, 3.8) is 0 Å². The van der Waals surface area contributed by atoms with E-state index in [9.17, 15) is 0 Å². The zero-order chi connectivity index (χ0) is 12.2. The average Bonchev–Trinajstić information content (AvgIpc) is 2.25. The molecule has 1 nitrogen and oxygen atoms in total. The average molecular weight is 261 g/mol. The van der Waals surface area contributed by atoms with Crippen molar-refractivity contribution < 1.29 is 4.74 Å². The maximum absolute atomic E-state index is 5.86. The smallest absolute Gasteiger partial charge is 0.119 e. The summed E-state index contributed by atoms with van der Waals surface area (Å²) in [6, 6.07) is 8.11. The fourth-order valence-electron chi connectivity index (χ4n) is 1.28. The Morgan fingerprint density at radius 1 is 1.19 bits per heavy atom. The predicted molar refractivity (Wildman–Crippen MR) is 71.0 cm³/mol. The number of alkyl halides is 2. The predicted octanol–water partition coefficient (Wildman–Crippen LogP) is 4.21. The van der Waals surface area contributed by atoms with Crippen molar-refractivity contribution in [2.75, 3.05) is 12.5 Å². The highest BCUT2D eigenvalue weighted by atomic mass is 35.5. The lowest BCUT2D eigenvalue weighted by Crippen LogP contribution is -2.13. The van der Waals surface area contributed by atoms with Crippen molar-refractivity contribution in [2.24, 2.45) is 0 Å². The molecular formula is C13H18Cl2O. The highest BCUT2D eigenvalue weighted by Gasteiger charge is 2.13. The quantitative estimate of drug-likeness (QED) is 0.738. The van der Waals surface area contributed by atoms with Crippen LogP contribution in [0.15, 0.2) is 24.3 Å². The monoisotopic (exact) mass is 260 g/mol. The van der Waals surface area contributed by atoms with E-state index in [-0.39, 0.29) is 10.8 Å². The molecule has 0 radical (unpaired) electrons. The van der Waals surface area contributed by atoms with Crippen LogP contribution < -0.4 is 4.74 Å². The minimum atomic E-state index is -0.135. The Kier molecular flexibility index (Phi) is 4.94. The van der Waals surface area contributed by atoms with Crippen LogP contribution in [0.3, 0.4) is 0 Å². The fraction of sp³-hybridized carbons (Fsp3) is 0.538. The number of hydrogen-bond acceptors (Lipinski definition) is 1. The van der Waals surface area contributed by atoms with Crippen LogP contribution in [-0.2, 0) is 5.41 Å². The van der Waals surface area contributed by atoms with Crippen LogP contribution in [0.5, 0.6) is 5.75 Å². The normalized spacial score (nSPS) is 13.6. The SMILES string of the molecule is CC(C)(C)c1ccc(OCC(Cl)CCl)cc1. The van der Waals surface area contributed by atoms with Gasteiger partial charge in [0.2, 0.25) is 0 Å². The molecule has 0 spiro atoms. The third kappa shape index (κ3) is 4.23. The minimum absolute atomic E-state index is 0.135. The van der Waals surface area contributed by atoms with Gasteiger partial charge < -0.3 is 4.74 Å². The van der Waals surface area contributed by atoms with Crippen LogP contribution in [0.4, 0.5) is 0 Å². The van der Waals surface area contributed by atoms with Crippen molar-refractivity contribution in [1.29, 1.82) is 0 Å². The molecule has 1 aromatic rings. The van der Waals surface area contributed by atoms with E-state index < -0.39 is 0 Å². The molecule has 1 aromatic carbocycles. The largest absolute Gasteiger partial charge is 0.492 e. The van der Waals surface area contributed by atoms with Crippen molar-refractivity contribution in [3.05, 3.63) is 29.8 Å². The molecule has 0 amide bonds. The Morgan fingerprint density at radius 3 is 2.19 bits per heavy atom. The third-order valence-electron chi connectivity index (χ3n) is 2.32. The highest BCUT2D eigenvalue weighted by Crippen LogP contribution is 2.24. The highest BCUT2D eigenvalue weighted by molar-refractivity contribution is 6.28. The second kappa shape index (κ2) is 5.79. The first kappa shape index (κ1) is 13.7. The zero-order valence-corrected chi connectivity index (χ0v) is 11.5. The standard InChI is InChI=1S/C13H18Cl2O/c1-13(2,3)10-4-6-12(7-5-10)16-9-11(15)8-14/h4-7,11H,8-9H2,1-3H3. The van der Waals surface area contributed by atoms with E-state index in [0.29, 0.717) is 12.5 Å². The lowest BCUT2D eigenvalue weighted by atomic mass is 9.87. The van der Waals surface area contributed by atoms with Gasteiger partial charge in [-0.3, -0.25) is 0 Å². The maximum Gasteiger partial charge on any atom is 0.119 e. The van der Waals surface area contributed by atoms with Gasteiger partial charge in [-0.1, -0.05) is 32.9 Å². The summed E-state index contributed by atoms with van der Waals surface area (Å²) in [7, 11) is 0. The van der Waals surface area contributed by atoms with Crippen molar-refractivity contribution >= 4 is 23.2 Å². The number of ether oxygens (including phenoxy) is 1. The molecule has 0 saturated carbocycles. The summed E-state index contributed by atoms with van der Waals surface area (Å²) in [5, 5.41) is -0.135. The number of benzene rings is 1. The van der Waals surface area contributed by atoms with Gasteiger partial charge in [-0.2, -0.15) is 0 Å². The van der Waals surface area contributed by atoms with Gasteiger partial charge in [0.05, 0.1) is 5.38 Å². The Bertz CT molecular complexity index is 314. The molecule has 1 unspecified atom stereocenters. The van der Waals surface area contributed by atoms with Crippen LogP contribution in [0.1, 0.15) is 26.3 Å². The van der Waals surface area contributed by atoms with Gasteiger partial charge in [-0.15, -0.1) is 23.2 Å². The topological polar surface area (TPSA) is 9.23 Å². The van der Waals surface area contributed by atoms with E-state index in [1.807, 2.05) is 12.1 Å². The molecule has 16 heavy (non-hydrogen) atoms. The molecule has 0 saturated heterocycles. The number of rotatable bonds is 4. The van der Waals surface area contributed by atoms with Crippen LogP contribution in [0.2, 0.25) is 0 Å². The third-order valence-corrected chi connectivity index (χ3v) is 3.13. The summed E-state index contributed by atoms with van der Waals surface area (Å²) < 4.78 is 5.51. The maximum atomic E-state index is 5.86. The van der Waals surface area contributed by atoms with Crippen LogP contribution in [0.25, 0.3) is 0 Å². The summed E-state index contributed by atoms with van der Waals surface area (Å²) in [5.74, 6) is 1.24. The first-order valence-electron chi connectivity index (χ1n) is 5.37. The van der Waals surface area contributed by atoms with Gasteiger partial charge in [0.1, 0.15) is 12.4 Å². The summed E-state index contributed by atoms with van der Waals surface area (Å²) in [6.45, 7) is 7.00. The molecule has 1 rings (SSSR count). The number of hydrogen-bond donors (Lipinski definition) is 0. The molecule has 0 N–H and O–H groups in total. The van der Waals surface area contributed by atoms with Gasteiger partial charge in [0, 0.05) is 5.88 Å². The van der Waals surface area contributed by atoms with E-state index in [4.69, 9.17) is 27.9 Å². The van der Waals surface area contributed by atoms with E-state index >= 15 is 0 Å². The van der Waals surface area contributed by atoms with E-state index in [2.05, 4.69) is 32.9 Å². The molecule has 0 aromatic heterocycles. The molecular weight excluding hydrogens is 243 g/mol. The van der Waals surface area contributed by atoms with Gasteiger partial charge in [-0.25, -0.2) is 0 Å². The summed E-state index contributed by atoms with van der Waals surface area (Å²) in [4.78, 5) is 0. The Balaban J connectivity index is 2.58. The first-order valence-corrected chi connectivity index (χ1v) is 6.34. The molecule has 0 aliphatic carbocycles. The lowest BCUT2D eigenvalue weighted by molar-refractivity contribution is 0.321. The molecule has 0 aliphatic rings. The Morgan fingerprint density at radius 2 is 1.75 bits per heavy atom. The number of halogens is 2. The summed E-state index contributed by atoms with van der Waals surface area (Å²) in [6.07, 6.45) is 0. The molecule has 3 heteroatoms. The lowest BCUT2D eigenvalue weighted by Gasteiger charge is -2.19. The van der Waals surface area contributed by atoms with E-state index in [1.54, 1.807) is 0 Å². The van der Waals surface area contributed by atoms with Crippen molar-refractivity contribution in [2.45, 2.75) is 31.6 Å². The molecule has 0 bridgehead atoms. The summed E-state index contributed by atoms with van der Waals surface area (Å²) >= 11 is 11.5. The Labute approximate surface area is 108 Å². The Hall–Kier alpha value is -0.400. The van der Waals surface area contributed by atoms with Gasteiger partial charge in [0.15, 0.2) is 0 Å². The van der Waals surface area contributed by atoms with Crippen LogP contribution >= 0.6 is 23.2 Å².